The molecule has 1 heterocycles. The highest BCUT2D eigenvalue weighted by molar-refractivity contribution is 5.29. The minimum atomic E-state index is -0.189. The standard InChI is InChI=1S/C15H20FN3/c1-10-7-14(16)6-5-13(10)9-19-12(3)15(8-17-4)11(2)18-19/h5-7,17H,8-9H2,1-4H3. The lowest BCUT2D eigenvalue weighted by atomic mass is 10.1. The maximum absolute atomic E-state index is 13.1. The molecule has 0 amide bonds. The lowest BCUT2D eigenvalue weighted by molar-refractivity contribution is 0.620. The summed E-state index contributed by atoms with van der Waals surface area (Å²) in [5.74, 6) is -0.189. The average molecular weight is 261 g/mol. The van der Waals surface area contributed by atoms with Gasteiger partial charge >= 0.3 is 0 Å². The molecule has 0 spiro atoms. The van der Waals surface area contributed by atoms with Gasteiger partial charge in [-0.1, -0.05) is 6.07 Å². The van der Waals surface area contributed by atoms with Crippen LogP contribution in [-0.4, -0.2) is 16.8 Å². The second kappa shape index (κ2) is 5.53. The molecule has 0 saturated heterocycles. The van der Waals surface area contributed by atoms with Gasteiger partial charge < -0.3 is 5.32 Å². The Morgan fingerprint density at radius 1 is 1.26 bits per heavy atom. The van der Waals surface area contributed by atoms with E-state index in [0.717, 1.165) is 29.1 Å². The monoisotopic (exact) mass is 261 g/mol. The van der Waals surface area contributed by atoms with Gasteiger partial charge in [0, 0.05) is 17.8 Å². The highest BCUT2D eigenvalue weighted by atomic mass is 19.1. The van der Waals surface area contributed by atoms with Crippen LogP contribution in [0.4, 0.5) is 4.39 Å². The van der Waals surface area contributed by atoms with Crippen molar-refractivity contribution in [1.29, 1.82) is 0 Å². The summed E-state index contributed by atoms with van der Waals surface area (Å²) in [5.41, 5.74) is 5.51. The van der Waals surface area contributed by atoms with Crippen molar-refractivity contribution in [2.24, 2.45) is 0 Å². The number of nitrogens with zero attached hydrogens (tertiary/aromatic N) is 2. The van der Waals surface area contributed by atoms with E-state index >= 15 is 0 Å². The lowest BCUT2D eigenvalue weighted by Gasteiger charge is -2.08. The minimum absolute atomic E-state index is 0.189. The molecule has 0 bridgehead atoms. The number of nitrogens with one attached hydrogen (secondary N) is 1. The first-order valence-corrected chi connectivity index (χ1v) is 6.45. The molecule has 0 aliphatic carbocycles. The van der Waals surface area contributed by atoms with Gasteiger partial charge in [-0.2, -0.15) is 5.10 Å². The molecular formula is C15H20FN3. The van der Waals surface area contributed by atoms with E-state index in [1.54, 1.807) is 6.07 Å². The van der Waals surface area contributed by atoms with Crippen molar-refractivity contribution in [3.8, 4) is 0 Å². The topological polar surface area (TPSA) is 29.9 Å². The predicted molar refractivity (Wildman–Crippen MR) is 74.7 cm³/mol. The maximum Gasteiger partial charge on any atom is 0.123 e. The summed E-state index contributed by atoms with van der Waals surface area (Å²) in [6.07, 6.45) is 0. The molecule has 0 fully saturated rings. The zero-order valence-electron chi connectivity index (χ0n) is 11.9. The van der Waals surface area contributed by atoms with E-state index in [9.17, 15) is 4.39 Å². The van der Waals surface area contributed by atoms with E-state index < -0.39 is 0 Å². The molecule has 19 heavy (non-hydrogen) atoms. The summed E-state index contributed by atoms with van der Waals surface area (Å²) in [7, 11) is 1.93. The van der Waals surface area contributed by atoms with Gasteiger partial charge in [-0.3, -0.25) is 4.68 Å². The third kappa shape index (κ3) is 2.84. The SMILES string of the molecule is CNCc1c(C)nn(Cc2ccc(F)cc2C)c1C. The van der Waals surface area contributed by atoms with Crippen LogP contribution in [0.5, 0.6) is 0 Å². The molecule has 0 radical (unpaired) electrons. The van der Waals surface area contributed by atoms with Gasteiger partial charge in [0.1, 0.15) is 5.82 Å². The van der Waals surface area contributed by atoms with Gasteiger partial charge in [0.15, 0.2) is 0 Å². The van der Waals surface area contributed by atoms with Gasteiger partial charge in [0.25, 0.3) is 0 Å². The molecule has 102 valence electrons. The van der Waals surface area contributed by atoms with Crippen LogP contribution in [0.3, 0.4) is 0 Å². The average Bonchev–Trinajstić information content (AvgIpc) is 2.61. The van der Waals surface area contributed by atoms with Gasteiger partial charge in [0.05, 0.1) is 12.2 Å². The van der Waals surface area contributed by atoms with Crippen LogP contribution >= 0.6 is 0 Å². The number of aromatic nitrogens is 2. The molecular weight excluding hydrogens is 241 g/mol. The van der Waals surface area contributed by atoms with Crippen molar-refractivity contribution in [2.45, 2.75) is 33.9 Å². The number of hydrogen-bond donors (Lipinski definition) is 1. The van der Waals surface area contributed by atoms with E-state index in [2.05, 4.69) is 17.3 Å². The number of rotatable bonds is 4. The number of aryl methyl sites for hydroxylation is 2. The molecule has 0 saturated carbocycles. The summed E-state index contributed by atoms with van der Waals surface area (Å²) in [6.45, 7) is 7.53. The molecule has 2 rings (SSSR count). The summed E-state index contributed by atoms with van der Waals surface area (Å²) in [6, 6.07) is 4.90. The van der Waals surface area contributed by atoms with Crippen molar-refractivity contribution >= 4 is 0 Å². The molecule has 2 aromatic rings. The zero-order chi connectivity index (χ0) is 14.0. The summed E-state index contributed by atoms with van der Waals surface area (Å²) in [4.78, 5) is 0. The minimum Gasteiger partial charge on any atom is -0.316 e. The highest BCUT2D eigenvalue weighted by Gasteiger charge is 2.11. The Balaban J connectivity index is 2.31. The first-order valence-electron chi connectivity index (χ1n) is 6.45. The summed E-state index contributed by atoms with van der Waals surface area (Å²) in [5, 5.41) is 7.73. The fourth-order valence-electron chi connectivity index (χ4n) is 2.32. The summed E-state index contributed by atoms with van der Waals surface area (Å²) >= 11 is 0. The fourth-order valence-corrected chi connectivity index (χ4v) is 2.32. The van der Waals surface area contributed by atoms with Crippen LogP contribution in [0.1, 0.15) is 28.1 Å². The molecule has 1 aromatic heterocycles. The maximum atomic E-state index is 13.1. The molecule has 0 unspecified atom stereocenters. The Morgan fingerprint density at radius 3 is 2.63 bits per heavy atom. The fraction of sp³-hybridized carbons (Fsp3) is 0.400. The van der Waals surface area contributed by atoms with Crippen molar-refractivity contribution in [3.63, 3.8) is 0 Å². The first kappa shape index (κ1) is 13.7. The Hall–Kier alpha value is -1.68. The second-order valence-electron chi connectivity index (χ2n) is 4.91. The largest absolute Gasteiger partial charge is 0.316 e. The number of benzene rings is 1. The van der Waals surface area contributed by atoms with Crippen LogP contribution in [-0.2, 0) is 13.1 Å². The lowest BCUT2D eigenvalue weighted by Crippen LogP contribution is -2.09. The molecule has 1 aromatic carbocycles. The molecule has 0 atom stereocenters. The van der Waals surface area contributed by atoms with E-state index in [0.29, 0.717) is 6.54 Å². The van der Waals surface area contributed by atoms with E-state index in [-0.39, 0.29) is 5.82 Å². The van der Waals surface area contributed by atoms with Crippen molar-refractivity contribution in [1.82, 2.24) is 15.1 Å². The quantitative estimate of drug-likeness (QED) is 0.917. The van der Waals surface area contributed by atoms with Gasteiger partial charge in [-0.25, -0.2) is 4.39 Å². The normalized spacial score (nSPS) is 11.0. The zero-order valence-corrected chi connectivity index (χ0v) is 11.9. The van der Waals surface area contributed by atoms with E-state index in [1.165, 1.54) is 11.6 Å². The van der Waals surface area contributed by atoms with E-state index in [1.807, 2.05) is 31.6 Å². The number of halogens is 1. The predicted octanol–water partition coefficient (Wildman–Crippen LogP) is 2.72. The van der Waals surface area contributed by atoms with E-state index in [4.69, 9.17) is 0 Å². The van der Waals surface area contributed by atoms with Crippen LogP contribution in [0.15, 0.2) is 18.2 Å². The Kier molecular flexibility index (Phi) is 4.00. The van der Waals surface area contributed by atoms with Gasteiger partial charge in [-0.15, -0.1) is 0 Å². The highest BCUT2D eigenvalue weighted by Crippen LogP contribution is 2.17. The third-order valence-electron chi connectivity index (χ3n) is 3.51. The van der Waals surface area contributed by atoms with Crippen molar-refractivity contribution in [3.05, 3.63) is 52.1 Å². The Labute approximate surface area is 113 Å². The summed E-state index contributed by atoms with van der Waals surface area (Å²) < 4.78 is 15.1. The Bertz CT molecular complexity index is 587. The molecule has 4 heteroatoms. The second-order valence-corrected chi connectivity index (χ2v) is 4.91. The first-order chi connectivity index (χ1) is 9.02. The molecule has 3 nitrogen and oxygen atoms in total. The third-order valence-corrected chi connectivity index (χ3v) is 3.51. The van der Waals surface area contributed by atoms with Gasteiger partial charge in [0.2, 0.25) is 0 Å². The van der Waals surface area contributed by atoms with Crippen LogP contribution in [0.2, 0.25) is 0 Å². The Morgan fingerprint density at radius 2 is 2.00 bits per heavy atom. The molecule has 1 N–H and O–H groups in total. The van der Waals surface area contributed by atoms with Crippen LogP contribution in [0.25, 0.3) is 0 Å². The smallest absolute Gasteiger partial charge is 0.123 e. The van der Waals surface area contributed by atoms with Gasteiger partial charge in [-0.05, 0) is 51.1 Å². The van der Waals surface area contributed by atoms with Crippen molar-refractivity contribution < 1.29 is 4.39 Å². The van der Waals surface area contributed by atoms with Crippen molar-refractivity contribution in [2.75, 3.05) is 7.05 Å². The molecule has 0 aliphatic rings. The van der Waals surface area contributed by atoms with Crippen LogP contribution in [0, 0.1) is 26.6 Å². The molecule has 0 aliphatic heterocycles. The van der Waals surface area contributed by atoms with Crippen LogP contribution < -0.4 is 5.32 Å². The number of hydrogen-bond acceptors (Lipinski definition) is 2.